The van der Waals surface area contributed by atoms with Gasteiger partial charge in [-0.1, -0.05) is 18.0 Å². The zero-order valence-electron chi connectivity index (χ0n) is 10.1. The lowest BCUT2D eigenvalue weighted by Crippen LogP contribution is -2.20. The molecule has 0 saturated carbocycles. The summed E-state index contributed by atoms with van der Waals surface area (Å²) in [7, 11) is 0. The van der Waals surface area contributed by atoms with Gasteiger partial charge in [-0.25, -0.2) is 4.98 Å². The highest BCUT2D eigenvalue weighted by atomic mass is 35.5. The molecule has 0 spiro atoms. The van der Waals surface area contributed by atoms with Crippen molar-refractivity contribution in [2.45, 2.75) is 30.7 Å². The maximum Gasteiger partial charge on any atom is 0.417 e. The first-order valence-electron chi connectivity index (χ1n) is 6.05. The van der Waals surface area contributed by atoms with Gasteiger partial charge in [-0.3, -0.25) is 0 Å². The van der Waals surface area contributed by atoms with E-state index in [0.29, 0.717) is 17.6 Å². The molecule has 1 fully saturated rings. The Morgan fingerprint density at radius 1 is 1.42 bits per heavy atom. The third-order valence-corrected chi connectivity index (χ3v) is 4.63. The molecule has 1 aromatic heterocycles. The zero-order chi connectivity index (χ0) is 13.9. The van der Waals surface area contributed by atoms with Crippen molar-refractivity contribution < 1.29 is 13.2 Å². The van der Waals surface area contributed by atoms with Crippen molar-refractivity contribution in [2.75, 3.05) is 17.6 Å². The molecule has 0 amide bonds. The van der Waals surface area contributed by atoms with Crippen LogP contribution in [0.2, 0.25) is 5.02 Å². The number of nitrogens with one attached hydrogen (secondary N) is 1. The average Bonchev–Trinajstić information content (AvgIpc) is 2.37. The molecule has 1 N–H and O–H groups in total. The molecule has 2 nitrogen and oxygen atoms in total. The van der Waals surface area contributed by atoms with Crippen molar-refractivity contribution in [3.8, 4) is 0 Å². The molecule has 1 saturated heterocycles. The van der Waals surface area contributed by atoms with Gasteiger partial charge in [0.25, 0.3) is 0 Å². The number of alkyl halides is 3. The fourth-order valence-corrected chi connectivity index (χ4v) is 3.37. The summed E-state index contributed by atoms with van der Waals surface area (Å²) in [6, 6.07) is 0.908. The van der Waals surface area contributed by atoms with E-state index >= 15 is 0 Å². The van der Waals surface area contributed by atoms with Crippen LogP contribution in [0.5, 0.6) is 0 Å². The summed E-state index contributed by atoms with van der Waals surface area (Å²) in [6.07, 6.45) is -0.0412. The first-order valence-corrected chi connectivity index (χ1v) is 7.47. The standard InChI is InChI=1S/C12H14ClF3N2S/c13-10-5-8(12(14,15)16)6-17-11(10)18-7-9-3-1-2-4-19-9/h5-6,9H,1-4,7H2,(H,17,18). The predicted octanol–water partition coefficient (Wildman–Crippen LogP) is 4.45. The summed E-state index contributed by atoms with van der Waals surface area (Å²) >= 11 is 7.70. The van der Waals surface area contributed by atoms with Gasteiger partial charge in [0.1, 0.15) is 5.82 Å². The van der Waals surface area contributed by atoms with Gasteiger partial charge >= 0.3 is 6.18 Å². The van der Waals surface area contributed by atoms with Crippen molar-refractivity contribution in [3.63, 3.8) is 0 Å². The van der Waals surface area contributed by atoms with Crippen molar-refractivity contribution >= 4 is 29.2 Å². The second-order valence-corrected chi connectivity index (χ2v) is 6.24. The summed E-state index contributed by atoms with van der Waals surface area (Å²) in [5.41, 5.74) is -0.824. The predicted molar refractivity (Wildman–Crippen MR) is 72.8 cm³/mol. The quantitative estimate of drug-likeness (QED) is 0.892. The highest BCUT2D eigenvalue weighted by Gasteiger charge is 2.31. The van der Waals surface area contributed by atoms with Gasteiger partial charge < -0.3 is 5.32 Å². The van der Waals surface area contributed by atoms with Crippen LogP contribution in [-0.2, 0) is 6.18 Å². The molecule has 7 heteroatoms. The fourth-order valence-electron chi connectivity index (χ4n) is 1.90. The van der Waals surface area contributed by atoms with Gasteiger partial charge in [-0.2, -0.15) is 24.9 Å². The number of hydrogen-bond donors (Lipinski definition) is 1. The van der Waals surface area contributed by atoms with Gasteiger partial charge in [0, 0.05) is 18.0 Å². The van der Waals surface area contributed by atoms with E-state index in [1.54, 1.807) is 0 Å². The van der Waals surface area contributed by atoms with E-state index in [1.807, 2.05) is 11.8 Å². The van der Waals surface area contributed by atoms with Crippen LogP contribution in [0.25, 0.3) is 0 Å². The van der Waals surface area contributed by atoms with Gasteiger partial charge in [0.05, 0.1) is 10.6 Å². The second-order valence-electron chi connectivity index (χ2n) is 4.42. The lowest BCUT2D eigenvalue weighted by Gasteiger charge is -2.22. The molecule has 0 bridgehead atoms. The molecule has 0 aliphatic carbocycles. The van der Waals surface area contributed by atoms with Crippen LogP contribution in [0.4, 0.5) is 19.0 Å². The molecular formula is C12H14ClF3N2S. The molecular weight excluding hydrogens is 297 g/mol. The number of rotatable bonds is 3. The molecule has 1 aliphatic heterocycles. The van der Waals surface area contributed by atoms with Gasteiger partial charge in [-0.15, -0.1) is 0 Å². The summed E-state index contributed by atoms with van der Waals surface area (Å²) in [6.45, 7) is 0.683. The van der Waals surface area contributed by atoms with E-state index in [0.717, 1.165) is 24.4 Å². The van der Waals surface area contributed by atoms with Gasteiger partial charge in [0.2, 0.25) is 0 Å². The summed E-state index contributed by atoms with van der Waals surface area (Å²) in [4.78, 5) is 3.76. The Morgan fingerprint density at radius 3 is 2.79 bits per heavy atom. The number of aromatic nitrogens is 1. The Hall–Kier alpha value is -0.620. The van der Waals surface area contributed by atoms with Crippen LogP contribution < -0.4 is 5.32 Å². The van der Waals surface area contributed by atoms with Crippen LogP contribution >= 0.6 is 23.4 Å². The van der Waals surface area contributed by atoms with E-state index in [2.05, 4.69) is 10.3 Å². The first-order chi connectivity index (χ1) is 8.97. The second kappa shape index (κ2) is 6.22. The van der Waals surface area contributed by atoms with Gasteiger partial charge in [-0.05, 0) is 24.7 Å². The molecule has 1 aliphatic rings. The van der Waals surface area contributed by atoms with E-state index < -0.39 is 11.7 Å². The molecule has 0 radical (unpaired) electrons. The van der Waals surface area contributed by atoms with Crippen LogP contribution in [0, 0.1) is 0 Å². The minimum Gasteiger partial charge on any atom is -0.368 e. The molecule has 0 aromatic carbocycles. The molecule has 19 heavy (non-hydrogen) atoms. The molecule has 1 atom stereocenters. The average molecular weight is 311 g/mol. The number of hydrogen-bond acceptors (Lipinski definition) is 3. The summed E-state index contributed by atoms with van der Waals surface area (Å²) in [5, 5.41) is 3.52. The molecule has 2 heterocycles. The normalized spacial score (nSPS) is 20.3. The molecule has 1 unspecified atom stereocenters. The minimum absolute atomic E-state index is 0.00985. The van der Waals surface area contributed by atoms with Gasteiger partial charge in [0.15, 0.2) is 0 Å². The Labute approximate surface area is 119 Å². The van der Waals surface area contributed by atoms with Crippen LogP contribution in [0.3, 0.4) is 0 Å². The SMILES string of the molecule is FC(F)(F)c1cnc(NCC2CCCCS2)c(Cl)c1. The van der Waals surface area contributed by atoms with E-state index in [9.17, 15) is 13.2 Å². The Kier molecular flexibility index (Phi) is 4.84. The van der Waals surface area contributed by atoms with Crippen LogP contribution in [-0.4, -0.2) is 22.5 Å². The lowest BCUT2D eigenvalue weighted by molar-refractivity contribution is -0.137. The monoisotopic (exact) mass is 310 g/mol. The zero-order valence-corrected chi connectivity index (χ0v) is 11.7. The van der Waals surface area contributed by atoms with Crippen LogP contribution in [0.1, 0.15) is 24.8 Å². The highest BCUT2D eigenvalue weighted by molar-refractivity contribution is 7.99. The number of thioether (sulfide) groups is 1. The number of pyridine rings is 1. The maximum atomic E-state index is 12.5. The first kappa shape index (κ1) is 14.8. The van der Waals surface area contributed by atoms with E-state index in [4.69, 9.17) is 11.6 Å². The van der Waals surface area contributed by atoms with Crippen LogP contribution in [0.15, 0.2) is 12.3 Å². The van der Waals surface area contributed by atoms with Crippen molar-refractivity contribution in [1.29, 1.82) is 0 Å². The lowest BCUT2D eigenvalue weighted by atomic mass is 10.2. The Balaban J connectivity index is 1.97. The van der Waals surface area contributed by atoms with E-state index in [1.165, 1.54) is 12.8 Å². The molecule has 2 rings (SSSR count). The third-order valence-electron chi connectivity index (χ3n) is 2.94. The largest absolute Gasteiger partial charge is 0.417 e. The van der Waals surface area contributed by atoms with E-state index in [-0.39, 0.29) is 5.02 Å². The Bertz CT molecular complexity index is 433. The topological polar surface area (TPSA) is 24.9 Å². The van der Waals surface area contributed by atoms with Crippen molar-refractivity contribution in [3.05, 3.63) is 22.8 Å². The third kappa shape index (κ3) is 4.18. The summed E-state index contributed by atoms with van der Waals surface area (Å²) < 4.78 is 37.4. The number of anilines is 1. The van der Waals surface area contributed by atoms with Crippen molar-refractivity contribution in [2.24, 2.45) is 0 Å². The highest BCUT2D eigenvalue weighted by Crippen LogP contribution is 2.32. The maximum absolute atomic E-state index is 12.5. The smallest absolute Gasteiger partial charge is 0.368 e. The Morgan fingerprint density at radius 2 is 2.21 bits per heavy atom. The number of halogens is 4. The fraction of sp³-hybridized carbons (Fsp3) is 0.583. The minimum atomic E-state index is -4.41. The molecule has 106 valence electrons. The summed E-state index contributed by atoms with van der Waals surface area (Å²) in [5.74, 6) is 1.46. The molecule has 1 aromatic rings. The number of nitrogens with zero attached hydrogens (tertiary/aromatic N) is 1. The van der Waals surface area contributed by atoms with Crippen molar-refractivity contribution in [1.82, 2.24) is 4.98 Å².